The first-order valence-corrected chi connectivity index (χ1v) is 12.9. The van der Waals surface area contributed by atoms with Crippen molar-refractivity contribution >= 4 is 40.8 Å². The van der Waals surface area contributed by atoms with Gasteiger partial charge in [-0.2, -0.15) is 0 Å². The van der Waals surface area contributed by atoms with E-state index >= 15 is 0 Å². The number of anilines is 1. The van der Waals surface area contributed by atoms with Gasteiger partial charge in [-0.3, -0.25) is 19.0 Å². The molecule has 1 N–H and O–H groups in total. The van der Waals surface area contributed by atoms with Crippen LogP contribution in [0.3, 0.4) is 0 Å². The summed E-state index contributed by atoms with van der Waals surface area (Å²) in [6, 6.07) is 13.1. The Morgan fingerprint density at radius 2 is 2.05 bits per heavy atom. The minimum absolute atomic E-state index is 0.0162. The van der Waals surface area contributed by atoms with E-state index in [1.807, 2.05) is 72.5 Å². The summed E-state index contributed by atoms with van der Waals surface area (Å²) in [4.78, 5) is 41.1. The number of nitrogens with one attached hydrogen (secondary N) is 1. The van der Waals surface area contributed by atoms with Gasteiger partial charge < -0.3 is 10.2 Å². The molecule has 1 saturated heterocycles. The lowest BCUT2D eigenvalue weighted by molar-refractivity contribution is -0.119. The van der Waals surface area contributed by atoms with Crippen molar-refractivity contribution in [3.63, 3.8) is 0 Å². The molecule has 1 aliphatic carbocycles. The number of guanidine groups is 1. The Hall–Kier alpha value is -3.78. The number of carbonyl (C=O) groups excluding carboxylic acids is 2. The summed E-state index contributed by atoms with van der Waals surface area (Å²) in [6.45, 7) is 4.07. The van der Waals surface area contributed by atoms with Gasteiger partial charge in [0, 0.05) is 79.5 Å². The normalized spacial score (nSPS) is 20.6. The van der Waals surface area contributed by atoms with Crippen molar-refractivity contribution in [1.82, 2.24) is 14.3 Å². The van der Waals surface area contributed by atoms with Gasteiger partial charge in [0.25, 0.3) is 5.91 Å². The van der Waals surface area contributed by atoms with Crippen molar-refractivity contribution in [2.45, 2.75) is 26.2 Å². The van der Waals surface area contributed by atoms with Crippen LogP contribution >= 0.6 is 11.8 Å². The molecule has 0 bridgehead atoms. The van der Waals surface area contributed by atoms with Crippen LogP contribution in [0.5, 0.6) is 0 Å². The first kappa shape index (κ1) is 24.9. The number of likely N-dealkylation sites (N-methyl/N-ethyl adjacent to an activating group) is 1. The van der Waals surface area contributed by atoms with E-state index in [0.29, 0.717) is 57.0 Å². The number of nitrogens with zero attached hydrogens (tertiary/aromatic N) is 5. The second-order valence-corrected chi connectivity index (χ2v) is 9.75. The Bertz CT molecular complexity index is 1300. The maximum atomic E-state index is 13.1. The minimum Gasteiger partial charge on any atom is -0.339 e. The Kier molecular flexibility index (Phi) is 7.19. The molecule has 37 heavy (non-hydrogen) atoms. The molecule has 0 saturated carbocycles. The lowest BCUT2D eigenvalue weighted by atomic mass is 9.72. The highest BCUT2D eigenvalue weighted by atomic mass is 35.5. The van der Waals surface area contributed by atoms with Crippen LogP contribution < -0.4 is 5.32 Å². The number of carbonyl (C=O) groups is 2. The predicted octanol–water partition coefficient (Wildman–Crippen LogP) is 4.27. The summed E-state index contributed by atoms with van der Waals surface area (Å²) in [5.41, 5.74) is 3.39. The first-order valence-electron chi connectivity index (χ1n) is 12.5. The maximum Gasteiger partial charge on any atom is 0.253 e. The number of rotatable bonds is 6. The molecular weight excluding hydrogens is 488 g/mol. The number of halogens is 1. The number of Topliss-reactive ketones (excluding diaryl/α,β-unsaturated/α-hetero) is 1. The predicted molar refractivity (Wildman–Crippen MR) is 146 cm³/mol. The standard InChI is InChI=1S/C28H29ClN6O2/c1-2-34(16-13-21-6-3-4-15-30-21)26(37)20-9-11-22(12-10-20)32-27-31-19-28-18-23(36)14-17-35(29)25(28)8-5-7-24(28)33-27/h3-12,15H,2,13-14,16-19H2,1H3,(H,31,32). The fraction of sp³-hybridized carbons (Fsp3) is 0.321. The molecule has 1 fully saturated rings. The quantitative estimate of drug-likeness (QED) is 0.579. The number of allylic oxidation sites excluding steroid dienone is 3. The molecule has 1 aromatic heterocycles. The zero-order valence-electron chi connectivity index (χ0n) is 20.7. The van der Waals surface area contributed by atoms with Crippen LogP contribution in [-0.4, -0.2) is 63.8 Å². The van der Waals surface area contributed by atoms with Crippen molar-refractivity contribution in [2.24, 2.45) is 15.4 Å². The molecule has 2 aliphatic heterocycles. The van der Waals surface area contributed by atoms with Crippen LogP contribution in [0.15, 0.2) is 82.6 Å². The van der Waals surface area contributed by atoms with E-state index in [2.05, 4.69) is 15.3 Å². The fourth-order valence-corrected chi connectivity index (χ4v) is 5.24. The van der Waals surface area contributed by atoms with Gasteiger partial charge in [-0.1, -0.05) is 12.1 Å². The Labute approximate surface area is 221 Å². The molecule has 0 radical (unpaired) electrons. The second kappa shape index (κ2) is 10.7. The zero-order valence-corrected chi connectivity index (χ0v) is 21.5. The molecule has 1 unspecified atom stereocenters. The summed E-state index contributed by atoms with van der Waals surface area (Å²) in [5.74, 6) is 0.608. The van der Waals surface area contributed by atoms with Crippen LogP contribution in [-0.2, 0) is 11.2 Å². The maximum absolute atomic E-state index is 13.1. The number of aliphatic imine (C=N–C) groups is 2. The third-order valence-corrected chi connectivity index (χ3v) is 7.33. The van der Waals surface area contributed by atoms with Crippen molar-refractivity contribution < 1.29 is 9.59 Å². The van der Waals surface area contributed by atoms with Gasteiger partial charge in [0.05, 0.1) is 17.7 Å². The number of pyridine rings is 1. The van der Waals surface area contributed by atoms with Crippen LogP contribution in [0.2, 0.25) is 0 Å². The number of aromatic nitrogens is 1. The number of ketones is 1. The van der Waals surface area contributed by atoms with Gasteiger partial charge in [0.15, 0.2) is 0 Å². The van der Waals surface area contributed by atoms with E-state index in [1.54, 1.807) is 10.6 Å². The van der Waals surface area contributed by atoms with E-state index in [1.165, 1.54) is 0 Å². The highest BCUT2D eigenvalue weighted by Gasteiger charge is 2.47. The molecule has 8 nitrogen and oxygen atoms in total. The van der Waals surface area contributed by atoms with Gasteiger partial charge in [0.1, 0.15) is 5.78 Å². The SMILES string of the molecule is CCN(CCc1ccccn1)C(=O)c1ccc(NC2=NCC34CC(=O)CCN(Cl)C3=CC=CC4=N2)cc1. The van der Waals surface area contributed by atoms with Crippen LogP contribution in [0.1, 0.15) is 35.8 Å². The smallest absolute Gasteiger partial charge is 0.253 e. The van der Waals surface area contributed by atoms with Crippen molar-refractivity contribution in [2.75, 3.05) is 31.5 Å². The Balaban J connectivity index is 1.26. The Morgan fingerprint density at radius 1 is 1.22 bits per heavy atom. The molecule has 5 rings (SSSR count). The first-order chi connectivity index (χ1) is 18.0. The van der Waals surface area contributed by atoms with Crippen molar-refractivity contribution in [3.05, 3.63) is 83.8 Å². The van der Waals surface area contributed by atoms with Gasteiger partial charge in [-0.25, -0.2) is 9.98 Å². The molecule has 3 heterocycles. The average Bonchev–Trinajstić information content (AvgIpc) is 3.05. The molecule has 1 spiro atoms. The van der Waals surface area contributed by atoms with Crippen molar-refractivity contribution in [3.8, 4) is 0 Å². The van der Waals surface area contributed by atoms with Gasteiger partial charge in [0.2, 0.25) is 5.96 Å². The summed E-state index contributed by atoms with van der Waals surface area (Å²) < 4.78 is 1.63. The third-order valence-electron chi connectivity index (χ3n) is 6.98. The number of hydrogen-bond acceptors (Lipinski definition) is 7. The van der Waals surface area contributed by atoms with E-state index in [9.17, 15) is 9.59 Å². The van der Waals surface area contributed by atoms with E-state index in [-0.39, 0.29) is 11.7 Å². The second-order valence-electron chi connectivity index (χ2n) is 9.34. The number of amides is 1. The topological polar surface area (TPSA) is 90.3 Å². The average molecular weight is 517 g/mol. The molecule has 2 aromatic rings. The minimum atomic E-state index is -0.621. The summed E-state index contributed by atoms with van der Waals surface area (Å²) in [6.07, 6.45) is 9.01. The number of benzene rings is 1. The zero-order chi connectivity index (χ0) is 25.8. The largest absolute Gasteiger partial charge is 0.339 e. The molecular formula is C28H29ClN6O2. The van der Waals surface area contributed by atoms with Gasteiger partial charge in [-0.05, 0) is 55.5 Å². The Morgan fingerprint density at radius 3 is 2.81 bits per heavy atom. The van der Waals surface area contributed by atoms with E-state index in [4.69, 9.17) is 16.8 Å². The molecule has 190 valence electrons. The van der Waals surface area contributed by atoms with Crippen molar-refractivity contribution in [1.29, 1.82) is 0 Å². The summed E-state index contributed by atoms with van der Waals surface area (Å²) >= 11 is 6.49. The summed E-state index contributed by atoms with van der Waals surface area (Å²) in [5, 5.41) is 3.24. The summed E-state index contributed by atoms with van der Waals surface area (Å²) in [7, 11) is 0. The molecule has 1 atom stereocenters. The number of hydrogen-bond donors (Lipinski definition) is 1. The van der Waals surface area contributed by atoms with E-state index < -0.39 is 5.41 Å². The van der Waals surface area contributed by atoms with Crippen LogP contribution in [0.4, 0.5) is 5.69 Å². The highest BCUT2D eigenvalue weighted by Crippen LogP contribution is 2.43. The molecule has 9 heteroatoms. The fourth-order valence-electron chi connectivity index (χ4n) is 4.94. The molecule has 1 aromatic carbocycles. The lowest BCUT2D eigenvalue weighted by Crippen LogP contribution is -2.44. The monoisotopic (exact) mass is 516 g/mol. The third kappa shape index (κ3) is 5.20. The van der Waals surface area contributed by atoms with Gasteiger partial charge >= 0.3 is 0 Å². The highest BCUT2D eigenvalue weighted by molar-refractivity contribution is 6.18. The lowest BCUT2D eigenvalue weighted by Gasteiger charge is -2.39. The molecule has 1 amide bonds. The van der Waals surface area contributed by atoms with Crippen LogP contribution in [0, 0.1) is 5.41 Å². The molecule has 3 aliphatic rings. The van der Waals surface area contributed by atoms with Crippen LogP contribution in [0.25, 0.3) is 0 Å². The van der Waals surface area contributed by atoms with Gasteiger partial charge in [-0.15, -0.1) is 0 Å². The van der Waals surface area contributed by atoms with E-state index in [0.717, 1.165) is 22.8 Å².